The van der Waals surface area contributed by atoms with Gasteiger partial charge in [-0.1, -0.05) is 11.6 Å². The van der Waals surface area contributed by atoms with Crippen molar-refractivity contribution in [3.8, 4) is 0 Å². The lowest BCUT2D eigenvalue weighted by molar-refractivity contribution is 0.107. The minimum atomic E-state index is -0.374. The monoisotopic (exact) mass is 277 g/mol. The van der Waals surface area contributed by atoms with Crippen LogP contribution in [0, 0.1) is 23.5 Å². The Morgan fingerprint density at radius 1 is 1.25 bits per heavy atom. The van der Waals surface area contributed by atoms with Crippen LogP contribution < -0.4 is 5.32 Å². The minimum absolute atomic E-state index is 0.0584. The van der Waals surface area contributed by atoms with Gasteiger partial charge in [-0.25, -0.2) is 8.78 Å². The van der Waals surface area contributed by atoms with Crippen LogP contribution in [0.4, 0.5) is 8.78 Å². The number of piperidine rings is 1. The van der Waals surface area contributed by atoms with Crippen molar-refractivity contribution in [1.29, 1.82) is 0 Å². The molecule has 0 amide bonds. The first-order chi connectivity index (χ1) is 9.38. The molecule has 20 heavy (non-hydrogen) atoms. The van der Waals surface area contributed by atoms with Gasteiger partial charge >= 0.3 is 0 Å². The first kappa shape index (κ1) is 13.7. The molecule has 1 fully saturated rings. The summed E-state index contributed by atoms with van der Waals surface area (Å²) in [7, 11) is 0. The molecule has 1 N–H and O–H groups in total. The summed E-state index contributed by atoms with van der Waals surface area (Å²) in [6.45, 7) is 6.42. The Morgan fingerprint density at radius 3 is 2.75 bits per heavy atom. The summed E-state index contributed by atoms with van der Waals surface area (Å²) < 4.78 is 27.6. The molecule has 0 aromatic heterocycles. The van der Waals surface area contributed by atoms with Gasteiger partial charge in [0.1, 0.15) is 11.6 Å². The smallest absolute Gasteiger partial charge is 0.128 e. The number of halogens is 2. The molecule has 1 nitrogen and oxygen atoms in total. The molecule has 3 atom stereocenters. The van der Waals surface area contributed by atoms with Crippen LogP contribution in [0.1, 0.15) is 45.2 Å². The number of fused-ring (bicyclic) bond motifs is 2. The van der Waals surface area contributed by atoms with E-state index in [1.165, 1.54) is 23.8 Å². The van der Waals surface area contributed by atoms with E-state index in [4.69, 9.17) is 0 Å². The SMILES string of the molecule is CC1=CC[C@@H]2C[C@H]1[C@H](c1cc(F)ccc1F)NC2(C)C. The van der Waals surface area contributed by atoms with Gasteiger partial charge in [-0.05, 0) is 63.6 Å². The highest BCUT2D eigenvalue weighted by atomic mass is 19.1. The number of hydrogen-bond donors (Lipinski definition) is 1. The molecule has 1 aromatic rings. The topological polar surface area (TPSA) is 12.0 Å². The number of allylic oxidation sites excluding steroid dienone is 1. The largest absolute Gasteiger partial charge is 0.304 e. The molecule has 1 aliphatic carbocycles. The van der Waals surface area contributed by atoms with Crippen LogP contribution in [-0.2, 0) is 0 Å². The molecule has 108 valence electrons. The molecule has 3 rings (SSSR count). The van der Waals surface area contributed by atoms with Crippen molar-refractivity contribution in [2.75, 3.05) is 0 Å². The van der Waals surface area contributed by atoms with E-state index >= 15 is 0 Å². The lowest BCUT2D eigenvalue weighted by Crippen LogP contribution is -2.56. The lowest BCUT2D eigenvalue weighted by Gasteiger charge is -2.50. The highest BCUT2D eigenvalue weighted by Crippen LogP contribution is 2.47. The summed E-state index contributed by atoms with van der Waals surface area (Å²) in [5, 5.41) is 3.56. The maximum absolute atomic E-state index is 14.1. The second kappa shape index (κ2) is 4.66. The fraction of sp³-hybridized carbons (Fsp3) is 0.529. The summed E-state index contributed by atoms with van der Waals surface area (Å²) in [5.74, 6) is 0.124. The Morgan fingerprint density at radius 2 is 2.00 bits per heavy atom. The molecular weight excluding hydrogens is 256 g/mol. The average Bonchev–Trinajstić information content (AvgIpc) is 2.39. The highest BCUT2D eigenvalue weighted by Gasteiger charge is 2.44. The second-order valence-electron chi connectivity index (χ2n) is 6.73. The van der Waals surface area contributed by atoms with Gasteiger partial charge in [0.15, 0.2) is 0 Å². The van der Waals surface area contributed by atoms with Crippen molar-refractivity contribution in [2.45, 2.75) is 45.2 Å². The van der Waals surface area contributed by atoms with Gasteiger partial charge in [0.25, 0.3) is 0 Å². The Hall–Kier alpha value is -1.22. The van der Waals surface area contributed by atoms with Crippen molar-refractivity contribution in [2.24, 2.45) is 11.8 Å². The van der Waals surface area contributed by atoms with Crippen LogP contribution >= 0.6 is 0 Å². The van der Waals surface area contributed by atoms with E-state index in [-0.39, 0.29) is 29.1 Å². The van der Waals surface area contributed by atoms with E-state index in [1.54, 1.807) is 0 Å². The summed E-state index contributed by atoms with van der Waals surface area (Å²) in [4.78, 5) is 0. The van der Waals surface area contributed by atoms with Crippen LogP contribution in [0.2, 0.25) is 0 Å². The average molecular weight is 277 g/mol. The van der Waals surface area contributed by atoms with Crippen LogP contribution in [-0.4, -0.2) is 5.54 Å². The van der Waals surface area contributed by atoms with Crippen LogP contribution in [0.25, 0.3) is 0 Å². The van der Waals surface area contributed by atoms with E-state index in [2.05, 4.69) is 32.2 Å². The molecule has 0 unspecified atom stereocenters. The third-order valence-electron chi connectivity index (χ3n) is 5.09. The Balaban J connectivity index is 2.05. The van der Waals surface area contributed by atoms with Crippen molar-refractivity contribution < 1.29 is 8.78 Å². The van der Waals surface area contributed by atoms with Crippen molar-refractivity contribution in [1.82, 2.24) is 5.32 Å². The molecular formula is C17H21F2N. The first-order valence-electron chi connectivity index (χ1n) is 7.28. The molecule has 2 aliphatic rings. The Labute approximate surface area is 119 Å². The van der Waals surface area contributed by atoms with Gasteiger partial charge in [0, 0.05) is 17.1 Å². The van der Waals surface area contributed by atoms with Crippen LogP contribution in [0.15, 0.2) is 29.8 Å². The third kappa shape index (κ3) is 2.18. The maximum Gasteiger partial charge on any atom is 0.128 e. The highest BCUT2D eigenvalue weighted by molar-refractivity contribution is 5.29. The summed E-state index contributed by atoms with van der Waals surface area (Å²) >= 11 is 0. The number of nitrogens with one attached hydrogen (secondary N) is 1. The summed E-state index contributed by atoms with van der Waals surface area (Å²) in [6.07, 6.45) is 4.38. The normalized spacial score (nSPS) is 31.9. The minimum Gasteiger partial charge on any atom is -0.304 e. The predicted molar refractivity (Wildman–Crippen MR) is 76.3 cm³/mol. The van der Waals surface area contributed by atoms with Crippen molar-refractivity contribution in [3.05, 3.63) is 47.0 Å². The number of hydrogen-bond acceptors (Lipinski definition) is 1. The molecule has 1 saturated heterocycles. The number of rotatable bonds is 1. The van der Waals surface area contributed by atoms with E-state index in [0.717, 1.165) is 12.8 Å². The zero-order chi connectivity index (χ0) is 14.5. The molecule has 2 bridgehead atoms. The van der Waals surface area contributed by atoms with Gasteiger partial charge in [0.05, 0.1) is 0 Å². The summed E-state index contributed by atoms with van der Waals surface area (Å²) in [5.41, 5.74) is 1.69. The van der Waals surface area contributed by atoms with Crippen molar-refractivity contribution in [3.63, 3.8) is 0 Å². The Bertz CT molecular complexity index is 562. The standard InChI is InChI=1S/C17H21F2N/c1-10-4-5-11-8-13(10)16(20-17(11,2)3)14-9-12(18)6-7-15(14)19/h4,6-7,9,11,13,16,20H,5,8H2,1-3H3/t11-,13-,16-/m1/s1. The Kier molecular flexibility index (Phi) is 3.20. The zero-order valence-corrected chi connectivity index (χ0v) is 12.2. The molecule has 0 spiro atoms. The molecule has 3 heteroatoms. The van der Waals surface area contributed by atoms with Gasteiger partial charge in [-0.3, -0.25) is 0 Å². The second-order valence-corrected chi connectivity index (χ2v) is 6.73. The molecule has 0 saturated carbocycles. The fourth-order valence-corrected chi connectivity index (χ4v) is 3.72. The van der Waals surface area contributed by atoms with Crippen molar-refractivity contribution >= 4 is 0 Å². The maximum atomic E-state index is 14.1. The van der Waals surface area contributed by atoms with E-state index in [0.29, 0.717) is 11.5 Å². The zero-order valence-electron chi connectivity index (χ0n) is 12.2. The van der Waals surface area contributed by atoms with E-state index in [9.17, 15) is 8.78 Å². The fourth-order valence-electron chi connectivity index (χ4n) is 3.72. The van der Waals surface area contributed by atoms with Gasteiger partial charge in [-0.15, -0.1) is 0 Å². The van der Waals surface area contributed by atoms with Gasteiger partial charge < -0.3 is 5.32 Å². The van der Waals surface area contributed by atoms with Gasteiger partial charge in [-0.2, -0.15) is 0 Å². The lowest BCUT2D eigenvalue weighted by atomic mass is 9.65. The van der Waals surface area contributed by atoms with E-state index < -0.39 is 0 Å². The predicted octanol–water partition coefficient (Wildman–Crippen LogP) is 4.36. The quantitative estimate of drug-likeness (QED) is 0.752. The first-order valence-corrected chi connectivity index (χ1v) is 7.28. The van der Waals surface area contributed by atoms with E-state index in [1.807, 2.05) is 0 Å². The molecule has 1 aromatic carbocycles. The van der Waals surface area contributed by atoms with Crippen LogP contribution in [0.5, 0.6) is 0 Å². The van der Waals surface area contributed by atoms with Gasteiger partial charge in [0.2, 0.25) is 0 Å². The molecule has 0 radical (unpaired) electrons. The third-order valence-corrected chi connectivity index (χ3v) is 5.09. The summed E-state index contributed by atoms with van der Waals surface area (Å²) in [6, 6.07) is 3.60. The van der Waals surface area contributed by atoms with Crippen LogP contribution in [0.3, 0.4) is 0 Å². The number of benzene rings is 1. The molecule has 1 aliphatic heterocycles. The molecule has 1 heterocycles.